The highest BCUT2D eigenvalue weighted by atomic mass is 35.5. The van der Waals surface area contributed by atoms with Crippen molar-refractivity contribution < 1.29 is 9.57 Å². The number of unbranched alkanes of at least 4 members (excludes halogenated alkanes) is 1. The molecule has 14 heavy (non-hydrogen) atoms. The van der Waals surface area contributed by atoms with Gasteiger partial charge in [-0.25, -0.2) is 0 Å². The molecule has 0 spiro atoms. The fourth-order valence-electron chi connectivity index (χ4n) is 0.609. The molecule has 0 aliphatic heterocycles. The molecule has 3 nitrogen and oxygen atoms in total. The lowest BCUT2D eigenvalue weighted by molar-refractivity contribution is 0.154. The van der Waals surface area contributed by atoms with E-state index in [1.165, 1.54) is 6.08 Å². The number of hydrogen-bond acceptors (Lipinski definition) is 3. The summed E-state index contributed by atoms with van der Waals surface area (Å²) >= 11 is 10.7. The molecule has 0 saturated heterocycles. The van der Waals surface area contributed by atoms with Crippen LogP contribution in [0.1, 0.15) is 19.8 Å². The molecule has 0 N–H and O–H groups in total. The summed E-state index contributed by atoms with van der Waals surface area (Å²) in [5.41, 5.74) is 0. The van der Waals surface area contributed by atoms with Crippen molar-refractivity contribution in [3.05, 3.63) is 10.6 Å². The summed E-state index contributed by atoms with van der Waals surface area (Å²) in [5.74, 6) is 0. The zero-order chi connectivity index (χ0) is 10.6. The lowest BCUT2D eigenvalue weighted by atomic mass is 10.4. The van der Waals surface area contributed by atoms with Crippen LogP contribution >= 0.6 is 23.2 Å². The Morgan fingerprint density at radius 2 is 2.14 bits per heavy atom. The lowest BCUT2D eigenvalue weighted by Gasteiger charge is -1.97. The second-order valence-corrected chi connectivity index (χ2v) is 3.51. The molecule has 0 radical (unpaired) electrons. The van der Waals surface area contributed by atoms with Crippen LogP contribution in [0.15, 0.2) is 15.7 Å². The van der Waals surface area contributed by atoms with Gasteiger partial charge >= 0.3 is 0 Å². The van der Waals surface area contributed by atoms with E-state index in [4.69, 9.17) is 32.8 Å². The first-order chi connectivity index (χ1) is 6.77. The highest BCUT2D eigenvalue weighted by Crippen LogP contribution is 2.04. The molecule has 0 aliphatic rings. The highest BCUT2D eigenvalue weighted by molar-refractivity contribution is 6.55. The van der Waals surface area contributed by atoms with Gasteiger partial charge in [0.1, 0.15) is 11.1 Å². The molecule has 0 fully saturated rings. The molecule has 0 aliphatic carbocycles. The zero-order valence-corrected chi connectivity index (χ0v) is 9.72. The second-order valence-electron chi connectivity index (χ2n) is 2.51. The van der Waals surface area contributed by atoms with E-state index >= 15 is 0 Å². The van der Waals surface area contributed by atoms with E-state index in [2.05, 4.69) is 12.1 Å². The summed E-state index contributed by atoms with van der Waals surface area (Å²) in [6, 6.07) is 0. The lowest BCUT2D eigenvalue weighted by Crippen LogP contribution is -1.97. The standard InChI is InChI=1S/C9H15Cl2NO2/c1-2-3-6-13-8-5-12-14-7-4-9(10)11/h4-5H,2-3,6-8H2,1H3. The summed E-state index contributed by atoms with van der Waals surface area (Å²) in [6.45, 7) is 3.62. The van der Waals surface area contributed by atoms with Gasteiger partial charge in [0.25, 0.3) is 0 Å². The Morgan fingerprint density at radius 3 is 2.79 bits per heavy atom. The van der Waals surface area contributed by atoms with Gasteiger partial charge in [0, 0.05) is 6.61 Å². The first-order valence-corrected chi connectivity index (χ1v) is 5.25. The topological polar surface area (TPSA) is 30.8 Å². The van der Waals surface area contributed by atoms with Crippen molar-refractivity contribution in [3.8, 4) is 0 Å². The Balaban J connectivity index is 3.16. The summed E-state index contributed by atoms with van der Waals surface area (Å²) in [5, 5.41) is 3.63. The van der Waals surface area contributed by atoms with Crippen molar-refractivity contribution in [1.29, 1.82) is 0 Å². The maximum absolute atomic E-state index is 5.35. The van der Waals surface area contributed by atoms with Crippen LogP contribution in [0.2, 0.25) is 0 Å². The maximum Gasteiger partial charge on any atom is 0.138 e. The van der Waals surface area contributed by atoms with E-state index in [0.717, 1.165) is 19.4 Å². The third-order valence-electron chi connectivity index (χ3n) is 1.30. The molecule has 82 valence electrons. The molecule has 0 atom stereocenters. The normalized spacial score (nSPS) is 10.5. The van der Waals surface area contributed by atoms with Crippen LogP contribution in [-0.4, -0.2) is 26.0 Å². The van der Waals surface area contributed by atoms with Crippen LogP contribution < -0.4 is 0 Å². The fraction of sp³-hybridized carbons (Fsp3) is 0.667. The average Bonchev–Trinajstić information content (AvgIpc) is 2.15. The Hall–Kier alpha value is -0.250. The van der Waals surface area contributed by atoms with E-state index in [1.807, 2.05) is 0 Å². The van der Waals surface area contributed by atoms with Crippen LogP contribution in [0.5, 0.6) is 0 Å². The molecule has 0 bridgehead atoms. The van der Waals surface area contributed by atoms with E-state index < -0.39 is 0 Å². The van der Waals surface area contributed by atoms with Crippen LogP contribution in [-0.2, 0) is 9.57 Å². The van der Waals surface area contributed by atoms with E-state index in [1.54, 1.807) is 6.21 Å². The molecule has 5 heteroatoms. The third-order valence-corrected chi connectivity index (χ3v) is 1.60. The summed E-state index contributed by atoms with van der Waals surface area (Å²) < 4.78 is 5.38. The van der Waals surface area contributed by atoms with Crippen molar-refractivity contribution in [2.75, 3.05) is 19.8 Å². The minimum absolute atomic E-state index is 0.180. The van der Waals surface area contributed by atoms with Gasteiger partial charge in [-0.15, -0.1) is 0 Å². The smallest absolute Gasteiger partial charge is 0.138 e. The monoisotopic (exact) mass is 239 g/mol. The van der Waals surface area contributed by atoms with Gasteiger partial charge in [-0.1, -0.05) is 41.7 Å². The summed E-state index contributed by atoms with van der Waals surface area (Å²) in [4.78, 5) is 4.80. The molecule has 0 saturated carbocycles. The highest BCUT2D eigenvalue weighted by Gasteiger charge is 1.84. The Bertz CT molecular complexity index is 180. The minimum Gasteiger partial charge on any atom is -0.392 e. The zero-order valence-electron chi connectivity index (χ0n) is 8.21. The van der Waals surface area contributed by atoms with E-state index in [-0.39, 0.29) is 11.1 Å². The van der Waals surface area contributed by atoms with Gasteiger partial charge < -0.3 is 9.57 Å². The largest absolute Gasteiger partial charge is 0.392 e. The Morgan fingerprint density at radius 1 is 1.36 bits per heavy atom. The molecular weight excluding hydrogens is 225 g/mol. The number of rotatable bonds is 8. The number of hydrogen-bond donors (Lipinski definition) is 0. The summed E-state index contributed by atoms with van der Waals surface area (Å²) in [6.07, 6.45) is 5.27. The van der Waals surface area contributed by atoms with Crippen molar-refractivity contribution in [1.82, 2.24) is 0 Å². The molecule has 0 unspecified atom stereocenters. The van der Waals surface area contributed by atoms with Gasteiger partial charge in [-0.2, -0.15) is 0 Å². The maximum atomic E-state index is 5.35. The SMILES string of the molecule is CCCCOCC=NOCC=C(Cl)Cl. The van der Waals surface area contributed by atoms with Crippen molar-refractivity contribution in [2.24, 2.45) is 5.16 Å². The molecule has 0 aromatic carbocycles. The van der Waals surface area contributed by atoms with Crippen LogP contribution in [0.4, 0.5) is 0 Å². The van der Waals surface area contributed by atoms with E-state index in [0.29, 0.717) is 6.61 Å². The van der Waals surface area contributed by atoms with Gasteiger partial charge in [-0.3, -0.25) is 0 Å². The molecule has 0 rings (SSSR count). The van der Waals surface area contributed by atoms with Crippen LogP contribution in [0, 0.1) is 0 Å². The van der Waals surface area contributed by atoms with Gasteiger partial charge in [0.05, 0.1) is 12.8 Å². The number of ether oxygens (including phenoxy) is 1. The second kappa shape index (κ2) is 10.8. The van der Waals surface area contributed by atoms with Crippen molar-refractivity contribution in [3.63, 3.8) is 0 Å². The molecule has 0 aromatic heterocycles. The predicted molar refractivity (Wildman–Crippen MR) is 60.0 cm³/mol. The van der Waals surface area contributed by atoms with Crippen molar-refractivity contribution >= 4 is 29.4 Å². The fourth-order valence-corrected chi connectivity index (χ4v) is 0.735. The van der Waals surface area contributed by atoms with Gasteiger partial charge in [0.15, 0.2) is 0 Å². The minimum atomic E-state index is 0.180. The summed E-state index contributed by atoms with van der Waals surface area (Å²) in [7, 11) is 0. The average molecular weight is 240 g/mol. The number of halogens is 2. The Kier molecular flexibility index (Phi) is 10.6. The molecular formula is C9H15Cl2NO2. The van der Waals surface area contributed by atoms with E-state index in [9.17, 15) is 0 Å². The molecule has 0 aromatic rings. The van der Waals surface area contributed by atoms with Crippen LogP contribution in [0.3, 0.4) is 0 Å². The van der Waals surface area contributed by atoms with Gasteiger partial charge in [-0.05, 0) is 12.5 Å². The number of oxime groups is 1. The van der Waals surface area contributed by atoms with Crippen LogP contribution in [0.25, 0.3) is 0 Å². The van der Waals surface area contributed by atoms with Gasteiger partial charge in [0.2, 0.25) is 0 Å². The first kappa shape index (κ1) is 13.8. The van der Waals surface area contributed by atoms with Crippen molar-refractivity contribution in [2.45, 2.75) is 19.8 Å². The quantitative estimate of drug-likeness (QED) is 0.370. The Labute approximate surface area is 94.7 Å². The first-order valence-electron chi connectivity index (χ1n) is 4.50. The predicted octanol–water partition coefficient (Wildman–Crippen LogP) is 3.12. The molecule has 0 amide bonds. The molecule has 0 heterocycles. The number of nitrogens with zero attached hydrogens (tertiary/aromatic N) is 1. The third kappa shape index (κ3) is 11.8.